The molecule has 0 bridgehead atoms. The third-order valence-electron chi connectivity index (χ3n) is 4.02. The second-order valence-electron chi connectivity index (χ2n) is 6.11. The monoisotopic (exact) mass is 392 g/mol. The number of hydrogen-bond acceptors (Lipinski definition) is 6. The summed E-state index contributed by atoms with van der Waals surface area (Å²) >= 11 is 0.953. The average molecular weight is 392 g/mol. The third kappa shape index (κ3) is 3.77. The summed E-state index contributed by atoms with van der Waals surface area (Å²) in [6, 6.07) is 17.0. The first-order valence-corrected chi connectivity index (χ1v) is 9.32. The minimum Gasteiger partial charge on any atom is -0.489 e. The second-order valence-corrected chi connectivity index (χ2v) is 6.89. The highest BCUT2D eigenvalue weighted by Gasteiger charge is 2.18. The molecular formula is C20H16N4O3S. The van der Waals surface area contributed by atoms with Crippen molar-refractivity contribution in [3.63, 3.8) is 0 Å². The molecule has 0 atom stereocenters. The molecule has 4 rings (SSSR count). The smallest absolute Gasteiger partial charge is 0.278 e. The van der Waals surface area contributed by atoms with Gasteiger partial charge in [0.05, 0.1) is 0 Å². The Morgan fingerprint density at radius 3 is 2.61 bits per heavy atom. The molecule has 0 aliphatic heterocycles. The van der Waals surface area contributed by atoms with Gasteiger partial charge in [-0.05, 0) is 48.3 Å². The van der Waals surface area contributed by atoms with Gasteiger partial charge in [0.15, 0.2) is 5.52 Å². The van der Waals surface area contributed by atoms with Crippen LogP contribution in [0.2, 0.25) is 0 Å². The van der Waals surface area contributed by atoms with Crippen LogP contribution in [0.15, 0.2) is 59.4 Å². The number of aromatic amines is 1. The maximum Gasteiger partial charge on any atom is 0.278 e. The van der Waals surface area contributed by atoms with Gasteiger partial charge in [-0.1, -0.05) is 30.3 Å². The molecule has 0 saturated heterocycles. The van der Waals surface area contributed by atoms with Crippen molar-refractivity contribution in [2.75, 3.05) is 5.32 Å². The normalized spacial score (nSPS) is 10.8. The number of aryl methyl sites for hydroxylation is 1. The number of aromatic nitrogens is 3. The van der Waals surface area contributed by atoms with E-state index in [-0.39, 0.29) is 17.0 Å². The van der Waals surface area contributed by atoms with E-state index in [2.05, 4.69) is 19.7 Å². The second kappa shape index (κ2) is 7.61. The van der Waals surface area contributed by atoms with Crippen molar-refractivity contribution >= 4 is 34.2 Å². The van der Waals surface area contributed by atoms with Gasteiger partial charge in [-0.2, -0.15) is 4.37 Å². The van der Waals surface area contributed by atoms with Crippen molar-refractivity contribution in [2.24, 2.45) is 0 Å². The van der Waals surface area contributed by atoms with E-state index >= 15 is 0 Å². The molecule has 4 aromatic rings. The van der Waals surface area contributed by atoms with Crippen molar-refractivity contribution in [1.82, 2.24) is 14.3 Å². The highest BCUT2D eigenvalue weighted by atomic mass is 32.1. The van der Waals surface area contributed by atoms with E-state index in [1.807, 2.05) is 30.3 Å². The Hall–Kier alpha value is -3.52. The van der Waals surface area contributed by atoms with E-state index in [0.29, 0.717) is 34.3 Å². The maximum absolute atomic E-state index is 12.6. The predicted molar refractivity (Wildman–Crippen MR) is 108 cm³/mol. The molecule has 1 amide bonds. The van der Waals surface area contributed by atoms with Gasteiger partial charge in [0.25, 0.3) is 11.5 Å². The topological polar surface area (TPSA) is 97.0 Å². The zero-order valence-electron chi connectivity index (χ0n) is 14.9. The molecule has 0 aliphatic rings. The van der Waals surface area contributed by atoms with Crippen LogP contribution in [0, 0.1) is 6.92 Å². The van der Waals surface area contributed by atoms with Gasteiger partial charge in [0.2, 0.25) is 0 Å². The van der Waals surface area contributed by atoms with Crippen molar-refractivity contribution in [1.29, 1.82) is 0 Å². The van der Waals surface area contributed by atoms with Crippen LogP contribution in [-0.2, 0) is 6.61 Å². The van der Waals surface area contributed by atoms with E-state index in [1.54, 1.807) is 31.2 Å². The number of benzene rings is 2. The number of amides is 1. The third-order valence-corrected chi connectivity index (χ3v) is 4.86. The molecule has 2 aromatic heterocycles. The predicted octanol–water partition coefficient (Wildman–Crippen LogP) is 3.52. The van der Waals surface area contributed by atoms with Crippen LogP contribution in [0.1, 0.15) is 21.1 Å². The quantitative estimate of drug-likeness (QED) is 0.542. The van der Waals surface area contributed by atoms with Crippen molar-refractivity contribution in [2.45, 2.75) is 13.5 Å². The molecule has 7 nitrogen and oxygen atoms in total. The van der Waals surface area contributed by atoms with Crippen LogP contribution in [0.5, 0.6) is 5.75 Å². The number of carbonyl (C=O) groups excluding carboxylic acids is 1. The van der Waals surface area contributed by atoms with Crippen LogP contribution in [-0.4, -0.2) is 20.2 Å². The number of H-pyrrole nitrogens is 1. The van der Waals surface area contributed by atoms with E-state index in [0.717, 1.165) is 17.1 Å². The maximum atomic E-state index is 12.6. The molecule has 28 heavy (non-hydrogen) atoms. The number of nitrogens with one attached hydrogen (secondary N) is 2. The summed E-state index contributed by atoms with van der Waals surface area (Å²) in [7, 11) is 0. The number of rotatable bonds is 5. The summed E-state index contributed by atoms with van der Waals surface area (Å²) < 4.78 is 9.78. The van der Waals surface area contributed by atoms with Gasteiger partial charge in [-0.25, -0.2) is 4.98 Å². The molecule has 2 heterocycles. The average Bonchev–Trinajstić information content (AvgIpc) is 3.12. The minimum absolute atomic E-state index is 0.172. The molecular weight excluding hydrogens is 376 g/mol. The Labute approximate surface area is 164 Å². The van der Waals surface area contributed by atoms with E-state index < -0.39 is 0 Å². The van der Waals surface area contributed by atoms with Crippen LogP contribution in [0.3, 0.4) is 0 Å². The number of nitrogens with zero attached hydrogens (tertiary/aromatic N) is 2. The molecule has 2 aromatic carbocycles. The Balaban J connectivity index is 1.46. The standard InChI is InChI=1S/C20H16N4O3S/c1-12-21-16-17(19(25)22-12)24-28-18(16)20(26)23-14-7-9-15(10-8-14)27-11-13-5-3-2-4-6-13/h2-10H,11H2,1H3,(H,23,26)(H,21,22,25). The van der Waals surface area contributed by atoms with Crippen LogP contribution >= 0.6 is 11.5 Å². The summed E-state index contributed by atoms with van der Waals surface area (Å²) in [5.74, 6) is 0.781. The number of carbonyl (C=O) groups is 1. The largest absolute Gasteiger partial charge is 0.489 e. The van der Waals surface area contributed by atoms with Gasteiger partial charge in [0, 0.05) is 5.69 Å². The molecule has 0 radical (unpaired) electrons. The molecule has 8 heteroatoms. The van der Waals surface area contributed by atoms with E-state index in [9.17, 15) is 9.59 Å². The highest BCUT2D eigenvalue weighted by Crippen LogP contribution is 2.21. The molecule has 140 valence electrons. The fraction of sp³-hybridized carbons (Fsp3) is 0.100. The van der Waals surface area contributed by atoms with Crippen molar-refractivity contribution in [3.8, 4) is 5.75 Å². The fourth-order valence-electron chi connectivity index (χ4n) is 2.67. The van der Waals surface area contributed by atoms with Crippen LogP contribution in [0.4, 0.5) is 5.69 Å². The summed E-state index contributed by atoms with van der Waals surface area (Å²) in [5.41, 5.74) is 1.82. The van der Waals surface area contributed by atoms with Crippen LogP contribution < -0.4 is 15.6 Å². The molecule has 0 spiro atoms. The van der Waals surface area contributed by atoms with Gasteiger partial charge in [-0.15, -0.1) is 0 Å². The van der Waals surface area contributed by atoms with Gasteiger partial charge in [0.1, 0.15) is 28.6 Å². The summed E-state index contributed by atoms with van der Waals surface area (Å²) in [4.78, 5) is 31.6. The molecule has 0 fully saturated rings. The Morgan fingerprint density at radius 1 is 1.11 bits per heavy atom. The first-order valence-electron chi connectivity index (χ1n) is 8.54. The molecule has 2 N–H and O–H groups in total. The number of hydrogen-bond donors (Lipinski definition) is 2. The lowest BCUT2D eigenvalue weighted by atomic mass is 10.2. The first-order chi connectivity index (χ1) is 13.6. The Bertz CT molecular complexity index is 1180. The number of anilines is 1. The SMILES string of the molecule is Cc1nc2c(C(=O)Nc3ccc(OCc4ccccc4)cc3)snc2c(=O)[nH]1. The highest BCUT2D eigenvalue weighted by molar-refractivity contribution is 7.09. The lowest BCUT2D eigenvalue weighted by molar-refractivity contribution is 0.103. The van der Waals surface area contributed by atoms with Gasteiger partial charge in [-0.3, -0.25) is 9.59 Å². The number of ether oxygens (including phenoxy) is 1. The summed E-state index contributed by atoms with van der Waals surface area (Å²) in [6.45, 7) is 2.13. The van der Waals surface area contributed by atoms with Gasteiger partial charge < -0.3 is 15.0 Å². The zero-order chi connectivity index (χ0) is 19.5. The van der Waals surface area contributed by atoms with Crippen LogP contribution in [0.25, 0.3) is 11.0 Å². The van der Waals surface area contributed by atoms with Crippen molar-refractivity contribution in [3.05, 3.63) is 81.2 Å². The summed E-state index contributed by atoms with van der Waals surface area (Å²) in [5, 5.41) is 2.80. The lowest BCUT2D eigenvalue weighted by Gasteiger charge is -2.08. The van der Waals surface area contributed by atoms with Crippen molar-refractivity contribution < 1.29 is 9.53 Å². The van der Waals surface area contributed by atoms with E-state index in [4.69, 9.17) is 4.74 Å². The summed E-state index contributed by atoms with van der Waals surface area (Å²) in [6.07, 6.45) is 0. The molecule has 0 saturated carbocycles. The molecule has 0 aliphatic carbocycles. The Morgan fingerprint density at radius 2 is 1.86 bits per heavy atom. The Kier molecular flexibility index (Phi) is 4.86. The van der Waals surface area contributed by atoms with E-state index in [1.165, 1.54) is 0 Å². The molecule has 0 unspecified atom stereocenters. The number of fused-ring (bicyclic) bond motifs is 1. The minimum atomic E-state index is -0.358. The fourth-order valence-corrected chi connectivity index (χ4v) is 3.38. The van der Waals surface area contributed by atoms with Gasteiger partial charge >= 0.3 is 0 Å². The lowest BCUT2D eigenvalue weighted by Crippen LogP contribution is -2.13. The first kappa shape index (κ1) is 17.9. The zero-order valence-corrected chi connectivity index (χ0v) is 15.7.